The van der Waals surface area contributed by atoms with Crippen LogP contribution in [0.5, 0.6) is 0 Å². The van der Waals surface area contributed by atoms with Crippen LogP contribution in [0.4, 0.5) is 0 Å². The summed E-state index contributed by atoms with van der Waals surface area (Å²) in [5.74, 6) is 0.839. The van der Waals surface area contributed by atoms with E-state index in [0.29, 0.717) is 24.5 Å². The van der Waals surface area contributed by atoms with Gasteiger partial charge >= 0.3 is 0 Å². The van der Waals surface area contributed by atoms with Crippen molar-refractivity contribution in [2.45, 2.75) is 38.6 Å². The lowest BCUT2D eigenvalue weighted by molar-refractivity contribution is 0.276. The van der Waals surface area contributed by atoms with E-state index in [-0.39, 0.29) is 0 Å². The van der Waals surface area contributed by atoms with Gasteiger partial charge in [0.05, 0.1) is 10.6 Å². The fourth-order valence-corrected chi connectivity index (χ4v) is 4.63. The third-order valence-corrected chi connectivity index (χ3v) is 6.68. The Labute approximate surface area is 149 Å². The maximum absolute atomic E-state index is 12.9. The molecule has 1 fully saturated rings. The summed E-state index contributed by atoms with van der Waals surface area (Å²) >= 11 is 0. The minimum atomic E-state index is -3.43. The number of hydrogen-bond acceptors (Lipinski definition) is 5. The molecule has 6 nitrogen and oxygen atoms in total. The summed E-state index contributed by atoms with van der Waals surface area (Å²) in [4.78, 5) is 2.65. The minimum absolute atomic E-state index is 0.372. The van der Waals surface area contributed by atoms with Crippen LogP contribution < -0.4 is 0 Å². The Balaban J connectivity index is 1.70. The first-order valence-corrected chi connectivity index (χ1v) is 10.0. The third-order valence-electron chi connectivity index (χ3n) is 4.77. The van der Waals surface area contributed by atoms with Crippen molar-refractivity contribution in [3.63, 3.8) is 0 Å². The van der Waals surface area contributed by atoms with Gasteiger partial charge in [-0.2, -0.15) is 4.31 Å². The molecular weight excluding hydrogens is 338 g/mol. The number of benzene rings is 1. The van der Waals surface area contributed by atoms with E-state index >= 15 is 0 Å². The first-order chi connectivity index (χ1) is 11.9. The smallest absolute Gasteiger partial charge is 0.243 e. The molecular formula is C18H25N3O3S. The molecule has 136 valence electrons. The highest BCUT2D eigenvalue weighted by atomic mass is 32.2. The molecule has 3 rings (SSSR count). The van der Waals surface area contributed by atoms with Gasteiger partial charge in [-0.05, 0) is 45.9 Å². The molecule has 0 amide bonds. The van der Waals surface area contributed by atoms with Gasteiger partial charge in [-0.3, -0.25) is 4.90 Å². The van der Waals surface area contributed by atoms with E-state index in [2.05, 4.69) is 10.1 Å². The second kappa shape index (κ2) is 7.27. The molecule has 1 aliphatic rings. The number of nitrogens with zero attached hydrogens (tertiary/aromatic N) is 3. The van der Waals surface area contributed by atoms with Gasteiger partial charge in [-0.25, -0.2) is 8.42 Å². The zero-order valence-electron chi connectivity index (χ0n) is 15.0. The van der Waals surface area contributed by atoms with Crippen LogP contribution >= 0.6 is 0 Å². The predicted octanol–water partition coefficient (Wildman–Crippen LogP) is 2.50. The quantitative estimate of drug-likeness (QED) is 0.835. The Kier molecular flexibility index (Phi) is 5.27. The lowest BCUT2D eigenvalue weighted by Gasteiger charge is -2.21. The lowest BCUT2D eigenvalue weighted by atomic mass is 10.2. The Morgan fingerprint density at radius 3 is 2.40 bits per heavy atom. The molecule has 0 bridgehead atoms. The Hall–Kier alpha value is -1.70. The molecule has 0 N–H and O–H groups in total. The molecule has 0 atom stereocenters. The first-order valence-electron chi connectivity index (χ1n) is 8.59. The molecule has 1 aromatic carbocycles. The Morgan fingerprint density at radius 1 is 1.04 bits per heavy atom. The van der Waals surface area contributed by atoms with Crippen LogP contribution in [0.15, 0.2) is 33.7 Å². The summed E-state index contributed by atoms with van der Waals surface area (Å²) < 4.78 is 32.6. The van der Waals surface area contributed by atoms with Crippen molar-refractivity contribution in [2.75, 3.05) is 26.2 Å². The van der Waals surface area contributed by atoms with E-state index in [4.69, 9.17) is 4.52 Å². The maximum Gasteiger partial charge on any atom is 0.243 e. The van der Waals surface area contributed by atoms with Crippen molar-refractivity contribution in [3.05, 3.63) is 46.8 Å². The molecule has 7 heteroatoms. The van der Waals surface area contributed by atoms with Crippen molar-refractivity contribution >= 4 is 10.0 Å². The number of aromatic nitrogens is 1. The first kappa shape index (κ1) is 18.1. The van der Waals surface area contributed by atoms with Gasteiger partial charge in [-0.1, -0.05) is 22.9 Å². The second-order valence-electron chi connectivity index (χ2n) is 6.65. The van der Waals surface area contributed by atoms with Crippen LogP contribution in [-0.2, 0) is 16.6 Å². The van der Waals surface area contributed by atoms with E-state index in [1.54, 1.807) is 16.4 Å². The summed E-state index contributed by atoms with van der Waals surface area (Å²) in [5, 5.41) is 4.00. The van der Waals surface area contributed by atoms with Gasteiger partial charge in [-0.15, -0.1) is 0 Å². The summed E-state index contributed by atoms with van der Waals surface area (Å²) in [6.07, 6.45) is 0.814. The van der Waals surface area contributed by atoms with E-state index in [9.17, 15) is 8.42 Å². The SMILES string of the molecule is Cc1ccc(S(=O)(=O)N2CCCN(Cc3c(C)noc3C)CC2)cc1. The fourth-order valence-electron chi connectivity index (χ4n) is 3.16. The van der Waals surface area contributed by atoms with Crippen molar-refractivity contribution in [1.82, 2.24) is 14.4 Å². The summed E-state index contributed by atoms with van der Waals surface area (Å²) in [7, 11) is -3.43. The third kappa shape index (κ3) is 3.94. The van der Waals surface area contributed by atoms with Crippen molar-refractivity contribution in [2.24, 2.45) is 0 Å². The van der Waals surface area contributed by atoms with Crippen LogP contribution in [0.25, 0.3) is 0 Å². The number of hydrogen-bond donors (Lipinski definition) is 0. The predicted molar refractivity (Wildman–Crippen MR) is 95.8 cm³/mol. The van der Waals surface area contributed by atoms with Crippen molar-refractivity contribution in [1.29, 1.82) is 0 Å². The topological polar surface area (TPSA) is 66.7 Å². The molecule has 2 aromatic rings. The standard InChI is InChI=1S/C18H25N3O3S/c1-14-5-7-17(8-6-14)25(22,23)21-10-4-9-20(11-12-21)13-18-15(2)19-24-16(18)3/h5-8H,4,9-13H2,1-3H3. The van der Waals surface area contributed by atoms with Crippen LogP contribution in [0.3, 0.4) is 0 Å². The van der Waals surface area contributed by atoms with Gasteiger partial charge < -0.3 is 4.52 Å². The molecule has 1 saturated heterocycles. The molecule has 0 saturated carbocycles. The van der Waals surface area contributed by atoms with E-state index < -0.39 is 10.0 Å². The summed E-state index contributed by atoms with van der Waals surface area (Å²) in [5.41, 5.74) is 3.07. The zero-order chi connectivity index (χ0) is 18.0. The average molecular weight is 363 g/mol. The van der Waals surface area contributed by atoms with Crippen molar-refractivity contribution in [3.8, 4) is 0 Å². The van der Waals surface area contributed by atoms with Crippen LogP contribution in [0.1, 0.15) is 29.0 Å². The normalized spacial score (nSPS) is 17.6. The largest absolute Gasteiger partial charge is 0.361 e. The summed E-state index contributed by atoms with van der Waals surface area (Å²) in [6, 6.07) is 7.07. The van der Waals surface area contributed by atoms with Crippen LogP contribution in [-0.4, -0.2) is 49.0 Å². The number of sulfonamides is 1. The fraction of sp³-hybridized carbons (Fsp3) is 0.500. The monoisotopic (exact) mass is 363 g/mol. The molecule has 1 aliphatic heterocycles. The van der Waals surface area contributed by atoms with Gasteiger partial charge in [0, 0.05) is 31.7 Å². The Bertz CT molecular complexity index is 808. The molecule has 0 spiro atoms. The second-order valence-corrected chi connectivity index (χ2v) is 8.59. The summed E-state index contributed by atoms with van der Waals surface area (Å²) in [6.45, 7) is 9.18. The Morgan fingerprint density at radius 2 is 1.76 bits per heavy atom. The molecule has 0 radical (unpaired) electrons. The van der Waals surface area contributed by atoms with Gasteiger partial charge in [0.15, 0.2) is 0 Å². The number of aryl methyl sites for hydroxylation is 3. The molecule has 0 unspecified atom stereocenters. The number of rotatable bonds is 4. The maximum atomic E-state index is 12.9. The average Bonchev–Trinajstić information content (AvgIpc) is 2.79. The highest BCUT2D eigenvalue weighted by Crippen LogP contribution is 2.20. The lowest BCUT2D eigenvalue weighted by Crippen LogP contribution is -2.35. The molecule has 25 heavy (non-hydrogen) atoms. The highest BCUT2D eigenvalue weighted by Gasteiger charge is 2.27. The highest BCUT2D eigenvalue weighted by molar-refractivity contribution is 7.89. The minimum Gasteiger partial charge on any atom is -0.361 e. The van der Waals surface area contributed by atoms with Crippen molar-refractivity contribution < 1.29 is 12.9 Å². The van der Waals surface area contributed by atoms with E-state index in [1.807, 2.05) is 32.9 Å². The van der Waals surface area contributed by atoms with Crippen LogP contribution in [0.2, 0.25) is 0 Å². The van der Waals surface area contributed by atoms with Crippen LogP contribution in [0, 0.1) is 20.8 Å². The van der Waals surface area contributed by atoms with E-state index in [1.165, 1.54) is 0 Å². The zero-order valence-corrected chi connectivity index (χ0v) is 15.8. The molecule has 2 heterocycles. The molecule has 1 aromatic heterocycles. The van der Waals surface area contributed by atoms with Gasteiger partial charge in [0.1, 0.15) is 5.76 Å². The van der Waals surface area contributed by atoms with Gasteiger partial charge in [0.25, 0.3) is 0 Å². The van der Waals surface area contributed by atoms with Gasteiger partial charge in [0.2, 0.25) is 10.0 Å². The van der Waals surface area contributed by atoms with E-state index in [0.717, 1.165) is 42.1 Å². The molecule has 0 aliphatic carbocycles.